The van der Waals surface area contributed by atoms with Crippen LogP contribution in [0.1, 0.15) is 29.5 Å². The van der Waals surface area contributed by atoms with Crippen molar-refractivity contribution in [3.05, 3.63) is 122 Å². The number of halogens is 2. The Labute approximate surface area is 199 Å². The average Bonchev–Trinajstić information content (AvgIpc) is 3.14. The van der Waals surface area contributed by atoms with Crippen molar-refractivity contribution in [2.24, 2.45) is 0 Å². The van der Waals surface area contributed by atoms with Gasteiger partial charge in [0, 0.05) is 0 Å². The van der Waals surface area contributed by atoms with E-state index in [2.05, 4.69) is 92.4 Å². The number of allylic oxidation sites excluding steroid dienone is 5. The van der Waals surface area contributed by atoms with Crippen LogP contribution in [0.5, 0.6) is 0 Å². The van der Waals surface area contributed by atoms with Crippen LogP contribution in [0.15, 0.2) is 105 Å². The first-order valence-corrected chi connectivity index (χ1v) is 11.1. The Bertz CT molecular complexity index is 1110. The van der Waals surface area contributed by atoms with Gasteiger partial charge in [0.15, 0.2) is 0 Å². The second kappa shape index (κ2) is 8.60. The van der Waals surface area contributed by atoms with Gasteiger partial charge in [-0.3, -0.25) is 0 Å². The van der Waals surface area contributed by atoms with Gasteiger partial charge in [-0.25, -0.2) is 0 Å². The first kappa shape index (κ1) is 22.0. The van der Waals surface area contributed by atoms with Crippen LogP contribution in [0.25, 0.3) is 16.7 Å². The van der Waals surface area contributed by atoms with Crippen LogP contribution in [0.3, 0.4) is 0 Å². The Morgan fingerprint density at radius 2 is 1.21 bits per heavy atom. The number of hydrogen-bond donors (Lipinski definition) is 0. The van der Waals surface area contributed by atoms with Gasteiger partial charge < -0.3 is 24.8 Å². The molecular weight excluding hydrogens is 562 g/mol. The van der Waals surface area contributed by atoms with Crippen molar-refractivity contribution in [2.45, 2.75) is 12.8 Å². The summed E-state index contributed by atoms with van der Waals surface area (Å²) in [6.07, 6.45) is 0. The normalized spacial score (nSPS) is 15.1. The molecule has 0 aromatic heterocycles. The molecule has 5 rings (SSSR count). The van der Waals surface area contributed by atoms with Gasteiger partial charge in [-0.2, -0.15) is 0 Å². The Morgan fingerprint density at radius 3 is 1.76 bits per heavy atom. The maximum Gasteiger partial charge on any atom is -1.00 e. The number of benzene rings is 3. The van der Waals surface area contributed by atoms with E-state index in [1.165, 1.54) is 53.4 Å². The molecule has 3 heteroatoms. The zero-order valence-corrected chi connectivity index (χ0v) is 21.2. The second-order valence-electron chi connectivity index (χ2n) is 7.24. The summed E-state index contributed by atoms with van der Waals surface area (Å²) in [6.45, 7) is 6.78. The molecule has 0 heterocycles. The molecule has 2 aliphatic rings. The van der Waals surface area contributed by atoms with E-state index in [1.807, 2.05) is 0 Å². The first-order chi connectivity index (χ1) is 13.2. The minimum Gasteiger partial charge on any atom is -1.00 e. The van der Waals surface area contributed by atoms with Gasteiger partial charge in [-0.05, 0) is 0 Å². The van der Waals surface area contributed by atoms with Crippen molar-refractivity contribution in [3.8, 4) is 11.1 Å². The molecule has 0 radical (unpaired) electrons. The van der Waals surface area contributed by atoms with Crippen molar-refractivity contribution in [2.75, 3.05) is 0 Å². The summed E-state index contributed by atoms with van der Waals surface area (Å²) >= 11 is 1.00. The predicted molar refractivity (Wildman–Crippen MR) is 109 cm³/mol. The topological polar surface area (TPSA) is 0 Å². The third-order valence-corrected chi connectivity index (χ3v) is 7.89. The molecule has 2 aliphatic carbocycles. The van der Waals surface area contributed by atoms with Crippen LogP contribution in [0.4, 0.5) is 0 Å². The Balaban J connectivity index is 0.00000120. The molecular formula is C26H19Cl2Hf. The first-order valence-electron chi connectivity index (χ1n) is 9.28. The van der Waals surface area contributed by atoms with E-state index in [1.54, 1.807) is 0 Å². The summed E-state index contributed by atoms with van der Waals surface area (Å²) in [7, 11) is 0. The van der Waals surface area contributed by atoms with E-state index in [-0.39, 0.29) is 24.8 Å². The van der Waals surface area contributed by atoms with E-state index in [0.717, 1.165) is 24.4 Å². The number of rotatable bonds is 2. The van der Waals surface area contributed by atoms with Crippen molar-refractivity contribution < 1.29 is 49.2 Å². The molecule has 3 aromatic carbocycles. The van der Waals surface area contributed by atoms with Crippen molar-refractivity contribution in [1.82, 2.24) is 0 Å². The second-order valence-corrected chi connectivity index (χ2v) is 9.04. The summed E-state index contributed by atoms with van der Waals surface area (Å²) in [5, 5.41) is 0. The molecule has 29 heavy (non-hydrogen) atoms. The van der Waals surface area contributed by atoms with Crippen LogP contribution < -0.4 is 24.8 Å². The molecule has 0 amide bonds. The average molecular weight is 581 g/mol. The molecule has 0 fully saturated rings. The SMILES string of the molecule is C=C1[C]([Hf+2])=C(C2c3ccccc3-c3ccccc32)C(C)=C1c1ccccc1.[Cl-].[Cl-]. The standard InChI is InChI=1S/C26H19.2ClH.Hf/c1-17-16-24(18(2)25(17)19-10-4-3-5-11-19)26-22-14-8-6-12-20(22)21-13-7-9-15-23(21)26;;;/h3-15,26H,1H2,2H3;2*1H;/q;;;+2/p-2. The summed E-state index contributed by atoms with van der Waals surface area (Å²) < 4.78 is 1.46. The van der Waals surface area contributed by atoms with Crippen LogP contribution in [0, 0.1) is 0 Å². The molecule has 0 unspecified atom stereocenters. The van der Waals surface area contributed by atoms with Gasteiger partial charge in [0.1, 0.15) is 0 Å². The minimum atomic E-state index is 0. The van der Waals surface area contributed by atoms with E-state index in [0.29, 0.717) is 5.92 Å². The summed E-state index contributed by atoms with van der Waals surface area (Å²) in [4.78, 5) is 0. The molecule has 141 valence electrons. The molecule has 3 aromatic rings. The van der Waals surface area contributed by atoms with Crippen LogP contribution in [-0.4, -0.2) is 0 Å². The number of fused-ring (bicyclic) bond motifs is 3. The van der Waals surface area contributed by atoms with Crippen LogP contribution >= 0.6 is 0 Å². The molecule has 0 spiro atoms. The Hall–Kier alpha value is -1.67. The fourth-order valence-corrected chi connectivity index (χ4v) is 6.30. The van der Waals surface area contributed by atoms with Gasteiger partial charge in [-0.15, -0.1) is 0 Å². The zero-order chi connectivity index (χ0) is 18.5. The van der Waals surface area contributed by atoms with Gasteiger partial charge in [0.05, 0.1) is 0 Å². The van der Waals surface area contributed by atoms with E-state index < -0.39 is 0 Å². The van der Waals surface area contributed by atoms with Crippen molar-refractivity contribution >= 4 is 5.57 Å². The van der Waals surface area contributed by atoms with Crippen LogP contribution in [-0.2, 0) is 24.4 Å². The zero-order valence-electron chi connectivity index (χ0n) is 16.0. The summed E-state index contributed by atoms with van der Waals surface area (Å²) in [5.74, 6) is 0.322. The van der Waals surface area contributed by atoms with Gasteiger partial charge in [-0.1, -0.05) is 0 Å². The van der Waals surface area contributed by atoms with Gasteiger partial charge in [0.2, 0.25) is 0 Å². The molecule has 0 atom stereocenters. The van der Waals surface area contributed by atoms with Crippen LogP contribution in [0.2, 0.25) is 0 Å². The maximum absolute atomic E-state index is 4.50. The monoisotopic (exact) mass is 581 g/mol. The quantitative estimate of drug-likeness (QED) is 0.391. The van der Waals surface area contributed by atoms with Gasteiger partial charge in [0.25, 0.3) is 0 Å². The Morgan fingerprint density at radius 1 is 0.724 bits per heavy atom. The predicted octanol–water partition coefficient (Wildman–Crippen LogP) is 0.651. The molecule has 0 nitrogen and oxygen atoms in total. The maximum atomic E-state index is 4.50. The van der Waals surface area contributed by atoms with E-state index in [4.69, 9.17) is 0 Å². The van der Waals surface area contributed by atoms with Crippen molar-refractivity contribution in [3.63, 3.8) is 0 Å². The molecule has 0 saturated carbocycles. The van der Waals surface area contributed by atoms with Gasteiger partial charge >= 0.3 is 176 Å². The fraction of sp³-hybridized carbons (Fsp3) is 0.0769. The number of hydrogen-bond acceptors (Lipinski definition) is 0. The summed E-state index contributed by atoms with van der Waals surface area (Å²) in [5.41, 5.74) is 12.4. The third kappa shape index (κ3) is 3.34. The third-order valence-electron chi connectivity index (χ3n) is 5.84. The minimum absolute atomic E-state index is 0. The molecule has 0 aliphatic heterocycles. The Kier molecular flexibility index (Phi) is 6.53. The smallest absolute Gasteiger partial charge is 1.00 e. The molecule has 0 bridgehead atoms. The van der Waals surface area contributed by atoms with E-state index in [9.17, 15) is 0 Å². The fourth-order valence-electron chi connectivity index (χ4n) is 4.66. The van der Waals surface area contributed by atoms with Crippen molar-refractivity contribution in [1.29, 1.82) is 0 Å². The summed E-state index contributed by atoms with van der Waals surface area (Å²) in [6, 6.07) is 28.5. The molecule has 0 N–H and O–H groups in total. The largest absolute Gasteiger partial charge is 1.00 e. The molecule has 0 saturated heterocycles. The van der Waals surface area contributed by atoms with E-state index >= 15 is 0 Å².